The van der Waals surface area contributed by atoms with E-state index in [4.69, 9.17) is 38.8 Å². The number of nitrogens with zero attached hydrogens (tertiary/aromatic N) is 6. The fraction of sp³-hybridized carbons (Fsp3) is 0.400. The molecule has 2 saturated heterocycles. The van der Waals surface area contributed by atoms with Gasteiger partial charge in [-0.3, -0.25) is 4.79 Å². The summed E-state index contributed by atoms with van der Waals surface area (Å²) < 4.78 is 0. The van der Waals surface area contributed by atoms with Gasteiger partial charge in [0.1, 0.15) is 29.1 Å². The molecule has 13 heteroatoms. The van der Waals surface area contributed by atoms with Crippen molar-refractivity contribution in [1.29, 1.82) is 0 Å². The summed E-state index contributed by atoms with van der Waals surface area (Å²) in [6.45, 7) is 4.82. The summed E-state index contributed by atoms with van der Waals surface area (Å²) in [5.74, 6) is 1.24. The lowest BCUT2D eigenvalue weighted by molar-refractivity contribution is -0.120. The zero-order chi connectivity index (χ0) is 26.3. The second kappa shape index (κ2) is 8.40. The number of hydrogen-bond donors (Lipinski definition) is 4. The van der Waals surface area contributed by atoms with Crippen LogP contribution >= 0.6 is 23.4 Å². The largest absolute Gasteiger partial charge is 0.368 e. The van der Waals surface area contributed by atoms with E-state index in [9.17, 15) is 4.79 Å². The number of rotatable bonds is 6. The average molecular weight is 551 g/mol. The number of aromatic amines is 1. The molecule has 7 rings (SSSR count). The third-order valence-corrected chi connectivity index (χ3v) is 9.42. The molecule has 1 saturated carbocycles. The smallest absolute Gasteiger partial charge is 0.238 e. The fourth-order valence-electron chi connectivity index (χ4n) is 5.92. The van der Waals surface area contributed by atoms with Crippen LogP contribution in [0.15, 0.2) is 34.6 Å². The molecule has 1 aliphatic carbocycles. The minimum Gasteiger partial charge on any atom is -0.368 e. The van der Waals surface area contributed by atoms with Gasteiger partial charge < -0.3 is 32.0 Å². The lowest BCUT2D eigenvalue weighted by atomic mass is 10.1. The third-order valence-electron chi connectivity index (χ3n) is 8.15. The Labute approximate surface area is 227 Å². The van der Waals surface area contributed by atoms with Gasteiger partial charge in [0.05, 0.1) is 15.9 Å². The number of benzene rings is 1. The van der Waals surface area contributed by atoms with Gasteiger partial charge in [-0.05, 0) is 36.4 Å². The predicted molar refractivity (Wildman–Crippen MR) is 147 cm³/mol. The Hall–Kier alpha value is -3.19. The molecule has 2 aliphatic heterocycles. The zero-order valence-corrected chi connectivity index (χ0v) is 22.3. The first-order valence-electron chi connectivity index (χ1n) is 12.6. The predicted octanol–water partition coefficient (Wildman–Crippen LogP) is 1.66. The molecule has 38 heavy (non-hydrogen) atoms. The Balaban J connectivity index is 1.23. The highest BCUT2D eigenvalue weighted by Crippen LogP contribution is 2.54. The number of anilines is 2. The Morgan fingerprint density at radius 3 is 2.58 bits per heavy atom. The van der Waals surface area contributed by atoms with Crippen molar-refractivity contribution in [2.45, 2.75) is 35.0 Å². The van der Waals surface area contributed by atoms with Crippen LogP contribution in [0.25, 0.3) is 21.9 Å². The van der Waals surface area contributed by atoms with Crippen molar-refractivity contribution in [2.24, 2.45) is 29.0 Å². The molecule has 4 aromatic rings. The quantitative estimate of drug-likeness (QED) is 0.259. The number of nitrogens with one attached hydrogen (secondary N) is 1. The van der Waals surface area contributed by atoms with E-state index in [1.54, 1.807) is 6.33 Å². The van der Waals surface area contributed by atoms with Crippen LogP contribution < -0.4 is 27.0 Å². The van der Waals surface area contributed by atoms with Crippen molar-refractivity contribution >= 4 is 62.8 Å². The molecule has 3 aromatic heterocycles. The molecule has 0 radical (unpaired) electrons. The van der Waals surface area contributed by atoms with Gasteiger partial charge in [-0.15, -0.1) is 0 Å². The van der Waals surface area contributed by atoms with Gasteiger partial charge in [0.25, 0.3) is 0 Å². The maximum absolute atomic E-state index is 11.9. The average Bonchev–Trinajstić information content (AvgIpc) is 3.18. The van der Waals surface area contributed by atoms with E-state index >= 15 is 0 Å². The normalized spacial score (nSPS) is 24.7. The van der Waals surface area contributed by atoms with Crippen molar-refractivity contribution in [3.63, 3.8) is 0 Å². The summed E-state index contributed by atoms with van der Waals surface area (Å²) in [4.78, 5) is 39.3. The van der Waals surface area contributed by atoms with Gasteiger partial charge >= 0.3 is 0 Å². The molecule has 11 nitrogen and oxygen atoms in total. The number of aromatic nitrogens is 5. The van der Waals surface area contributed by atoms with Crippen LogP contribution in [0.4, 0.5) is 11.6 Å². The van der Waals surface area contributed by atoms with E-state index in [2.05, 4.69) is 24.8 Å². The van der Waals surface area contributed by atoms with Crippen molar-refractivity contribution in [3.8, 4) is 0 Å². The summed E-state index contributed by atoms with van der Waals surface area (Å²) >= 11 is 8.23. The molecular weight excluding hydrogens is 524 g/mol. The molecule has 7 N–H and O–H groups in total. The van der Waals surface area contributed by atoms with Gasteiger partial charge in [0.2, 0.25) is 5.91 Å². The lowest BCUT2D eigenvalue weighted by Gasteiger charge is -2.38. The fourth-order valence-corrected chi connectivity index (χ4v) is 7.07. The molecule has 5 heterocycles. The Morgan fingerprint density at radius 1 is 1.16 bits per heavy atom. The van der Waals surface area contributed by atoms with Crippen LogP contribution in [0.3, 0.4) is 0 Å². The summed E-state index contributed by atoms with van der Waals surface area (Å²) in [5, 5.41) is 2.99. The number of fused-ring (bicyclic) bond motifs is 3. The summed E-state index contributed by atoms with van der Waals surface area (Å²) in [7, 11) is 0. The molecule has 196 valence electrons. The zero-order valence-electron chi connectivity index (χ0n) is 20.7. The van der Waals surface area contributed by atoms with E-state index in [0.29, 0.717) is 28.9 Å². The number of nitrogens with two attached hydrogens (primary N) is 3. The van der Waals surface area contributed by atoms with Gasteiger partial charge in [-0.2, -0.15) is 0 Å². The second-order valence-corrected chi connectivity index (χ2v) is 11.8. The molecule has 3 aliphatic rings. The van der Waals surface area contributed by atoms with Gasteiger partial charge in [-0.25, -0.2) is 19.9 Å². The van der Waals surface area contributed by atoms with Crippen LogP contribution in [-0.2, 0) is 11.2 Å². The van der Waals surface area contributed by atoms with Crippen molar-refractivity contribution in [1.82, 2.24) is 24.9 Å². The molecule has 0 bridgehead atoms. The highest BCUT2D eigenvalue weighted by atomic mass is 35.5. The molecular formula is C25H27ClN10OS. The first-order chi connectivity index (χ1) is 18.3. The number of carbonyl (C=O) groups excluding carboxylic acids is 1. The first-order valence-corrected chi connectivity index (χ1v) is 13.8. The molecule has 1 amide bonds. The van der Waals surface area contributed by atoms with E-state index in [1.165, 1.54) is 11.8 Å². The van der Waals surface area contributed by atoms with Gasteiger partial charge in [-0.1, -0.05) is 18.5 Å². The van der Waals surface area contributed by atoms with Crippen molar-refractivity contribution in [3.05, 3.63) is 35.2 Å². The minimum absolute atomic E-state index is 0.0137. The van der Waals surface area contributed by atoms with Crippen LogP contribution in [0.1, 0.15) is 12.6 Å². The maximum atomic E-state index is 11.9. The number of amides is 1. The summed E-state index contributed by atoms with van der Waals surface area (Å²) in [6.07, 6.45) is 2.33. The molecule has 1 aromatic carbocycles. The third kappa shape index (κ3) is 3.47. The van der Waals surface area contributed by atoms with Crippen LogP contribution in [-0.4, -0.2) is 68.6 Å². The van der Waals surface area contributed by atoms with Crippen LogP contribution in [0, 0.1) is 11.8 Å². The maximum Gasteiger partial charge on any atom is 0.238 e. The van der Waals surface area contributed by atoms with E-state index in [-0.39, 0.29) is 17.9 Å². The number of aryl methyl sites for hydroxylation is 1. The minimum atomic E-state index is -0.927. The van der Waals surface area contributed by atoms with Crippen LogP contribution in [0.5, 0.6) is 0 Å². The van der Waals surface area contributed by atoms with E-state index < -0.39 is 11.4 Å². The monoisotopic (exact) mass is 550 g/mol. The lowest BCUT2D eigenvalue weighted by Crippen LogP contribution is -2.56. The molecule has 3 atom stereocenters. The standard InChI is InChI=1S/C25H27ClN10OS/c1-2-16-19(26)18-20(32-16)33-24(34-22(18)36-8-14-15(9-36)25(14,29)23(28)37)38-12-3-4-13-17(5-12)30-10-31-21(13)35-6-11(27)7-35/h3-5,10-11,14-15H,2,6-9,27,29H2,1H3,(H2,28,37)(H,32,33,34)/t14-,15+,25-. The molecule has 0 spiro atoms. The number of piperidine rings is 1. The number of hydrogen-bond acceptors (Lipinski definition) is 10. The second-order valence-electron chi connectivity index (χ2n) is 10.4. The number of halogens is 1. The summed E-state index contributed by atoms with van der Waals surface area (Å²) in [6, 6.07) is 6.28. The highest BCUT2D eigenvalue weighted by Gasteiger charge is 2.70. The van der Waals surface area contributed by atoms with E-state index in [1.807, 2.05) is 25.1 Å². The van der Waals surface area contributed by atoms with Crippen LogP contribution in [0.2, 0.25) is 5.02 Å². The Morgan fingerprint density at radius 2 is 1.89 bits per heavy atom. The molecule has 0 unspecified atom stereocenters. The van der Waals surface area contributed by atoms with Gasteiger partial charge in [0.15, 0.2) is 5.16 Å². The summed E-state index contributed by atoms with van der Waals surface area (Å²) in [5.41, 5.74) is 19.4. The number of carbonyl (C=O) groups is 1. The number of H-pyrrole nitrogens is 1. The Bertz CT molecular complexity index is 1610. The first kappa shape index (κ1) is 23.9. The Kier molecular flexibility index (Phi) is 5.28. The number of primary amides is 1. The highest BCUT2D eigenvalue weighted by molar-refractivity contribution is 7.99. The topological polar surface area (TPSA) is 169 Å². The van der Waals surface area contributed by atoms with Crippen molar-refractivity contribution < 1.29 is 4.79 Å². The van der Waals surface area contributed by atoms with Crippen molar-refractivity contribution in [2.75, 3.05) is 36.0 Å². The molecule has 3 fully saturated rings. The van der Waals surface area contributed by atoms with Gasteiger partial charge in [0, 0.05) is 60.0 Å². The van der Waals surface area contributed by atoms with E-state index in [0.717, 1.165) is 58.0 Å². The SMILES string of the molecule is CCc1[nH]c2nc(Sc3ccc4c(N5CC(N)C5)ncnc4c3)nc(N3C[C@@H]4[C@H](C3)[C@@]4(N)C(N)=O)c2c1Cl.